The van der Waals surface area contributed by atoms with E-state index in [4.69, 9.17) is 5.11 Å². The van der Waals surface area contributed by atoms with Crippen molar-refractivity contribution in [2.24, 2.45) is 11.3 Å². The van der Waals surface area contributed by atoms with Crippen molar-refractivity contribution in [2.45, 2.75) is 0 Å². The van der Waals surface area contributed by atoms with Gasteiger partial charge in [0.1, 0.15) is 0 Å². The zero-order chi connectivity index (χ0) is 7.03. The van der Waals surface area contributed by atoms with Crippen LogP contribution in [0.2, 0.25) is 0 Å². The van der Waals surface area contributed by atoms with Crippen LogP contribution in [-0.2, 0) is 0 Å². The van der Waals surface area contributed by atoms with Crippen molar-refractivity contribution in [2.75, 3.05) is 32.8 Å². The summed E-state index contributed by atoms with van der Waals surface area (Å²) in [5, 5.41) is 15.6. The van der Waals surface area contributed by atoms with Gasteiger partial charge in [-0.1, -0.05) is 0 Å². The highest BCUT2D eigenvalue weighted by Crippen LogP contribution is 2.34. The van der Waals surface area contributed by atoms with E-state index in [2.05, 4.69) is 10.6 Å². The van der Waals surface area contributed by atoms with E-state index in [-0.39, 0.29) is 0 Å². The molecule has 0 radical (unpaired) electrons. The molecule has 10 heavy (non-hydrogen) atoms. The van der Waals surface area contributed by atoms with E-state index in [1.165, 1.54) is 0 Å². The summed E-state index contributed by atoms with van der Waals surface area (Å²) in [5.74, 6) is 0.494. The molecule has 1 spiro atoms. The maximum Gasteiger partial charge on any atom is 0.0478 e. The molecule has 0 bridgehead atoms. The number of nitrogens with one attached hydrogen (secondary N) is 2. The Morgan fingerprint density at radius 2 is 2.00 bits per heavy atom. The maximum atomic E-state index is 9.00. The first-order valence-corrected chi connectivity index (χ1v) is 3.90. The van der Waals surface area contributed by atoms with Crippen LogP contribution in [0.1, 0.15) is 0 Å². The summed E-state index contributed by atoms with van der Waals surface area (Å²) >= 11 is 0. The lowest BCUT2D eigenvalue weighted by atomic mass is 9.73. The number of rotatable bonds is 1. The van der Waals surface area contributed by atoms with Crippen LogP contribution in [0.25, 0.3) is 0 Å². The van der Waals surface area contributed by atoms with Crippen LogP contribution in [0.4, 0.5) is 0 Å². The third kappa shape index (κ3) is 0.713. The lowest BCUT2D eigenvalue weighted by molar-refractivity contribution is 0.0800. The quantitative estimate of drug-likeness (QED) is 0.430. The Bertz CT molecular complexity index is 134. The number of aliphatic hydroxyl groups is 1. The zero-order valence-electron chi connectivity index (χ0n) is 6.06. The topological polar surface area (TPSA) is 44.3 Å². The smallest absolute Gasteiger partial charge is 0.0478 e. The van der Waals surface area contributed by atoms with Crippen LogP contribution in [0.3, 0.4) is 0 Å². The molecule has 0 aromatic heterocycles. The average Bonchev–Trinajstić information content (AvgIpc) is 2.27. The van der Waals surface area contributed by atoms with Gasteiger partial charge in [0.15, 0.2) is 0 Å². The van der Waals surface area contributed by atoms with E-state index in [1.807, 2.05) is 0 Å². The van der Waals surface area contributed by atoms with Gasteiger partial charge in [0.2, 0.25) is 0 Å². The Labute approximate surface area is 60.8 Å². The van der Waals surface area contributed by atoms with Gasteiger partial charge in [0.05, 0.1) is 0 Å². The van der Waals surface area contributed by atoms with Gasteiger partial charge in [-0.05, 0) is 0 Å². The van der Waals surface area contributed by atoms with Crippen molar-refractivity contribution in [3.05, 3.63) is 0 Å². The summed E-state index contributed by atoms with van der Waals surface area (Å²) in [5.41, 5.74) is 0.411. The first-order chi connectivity index (χ1) is 4.87. The molecule has 58 valence electrons. The van der Waals surface area contributed by atoms with E-state index in [9.17, 15) is 0 Å². The molecule has 1 atom stereocenters. The second-order valence-electron chi connectivity index (χ2n) is 3.48. The van der Waals surface area contributed by atoms with Crippen molar-refractivity contribution in [1.29, 1.82) is 0 Å². The molecule has 2 fully saturated rings. The van der Waals surface area contributed by atoms with Crippen LogP contribution in [0.15, 0.2) is 0 Å². The molecular formula is C7H14N2O. The third-order valence-electron chi connectivity index (χ3n) is 2.91. The molecule has 2 aliphatic heterocycles. The minimum absolute atomic E-state index is 0.342. The highest BCUT2D eigenvalue weighted by Gasteiger charge is 2.46. The largest absolute Gasteiger partial charge is 0.396 e. The van der Waals surface area contributed by atoms with E-state index < -0.39 is 0 Å². The van der Waals surface area contributed by atoms with Gasteiger partial charge in [-0.25, -0.2) is 0 Å². The molecule has 2 aliphatic rings. The summed E-state index contributed by atoms with van der Waals surface area (Å²) in [6.07, 6.45) is 0. The summed E-state index contributed by atoms with van der Waals surface area (Å²) in [6, 6.07) is 0. The van der Waals surface area contributed by atoms with E-state index in [0.717, 1.165) is 26.2 Å². The second-order valence-corrected chi connectivity index (χ2v) is 3.48. The van der Waals surface area contributed by atoms with Gasteiger partial charge < -0.3 is 15.7 Å². The number of hydrogen-bond donors (Lipinski definition) is 3. The molecule has 0 aliphatic carbocycles. The monoisotopic (exact) mass is 142 g/mol. The molecule has 0 amide bonds. The number of aliphatic hydroxyl groups excluding tert-OH is 1. The van der Waals surface area contributed by atoms with Crippen LogP contribution in [0.5, 0.6) is 0 Å². The fourth-order valence-electron chi connectivity index (χ4n) is 1.97. The fraction of sp³-hybridized carbons (Fsp3) is 1.00. The van der Waals surface area contributed by atoms with Crippen molar-refractivity contribution >= 4 is 0 Å². The molecule has 0 saturated carbocycles. The minimum Gasteiger partial charge on any atom is -0.396 e. The molecule has 0 aromatic rings. The Hall–Kier alpha value is -0.120. The minimum atomic E-state index is 0.342. The van der Waals surface area contributed by atoms with E-state index >= 15 is 0 Å². The molecular weight excluding hydrogens is 128 g/mol. The van der Waals surface area contributed by atoms with E-state index in [0.29, 0.717) is 17.9 Å². The van der Waals surface area contributed by atoms with Gasteiger partial charge in [-0.3, -0.25) is 0 Å². The Morgan fingerprint density at radius 3 is 2.40 bits per heavy atom. The molecule has 3 heteroatoms. The average molecular weight is 142 g/mol. The summed E-state index contributed by atoms with van der Waals surface area (Å²) in [6.45, 7) is 4.61. The second kappa shape index (κ2) is 2.19. The van der Waals surface area contributed by atoms with Crippen molar-refractivity contribution in [3.63, 3.8) is 0 Å². The van der Waals surface area contributed by atoms with E-state index in [1.54, 1.807) is 0 Å². The predicted octanol–water partition coefficient (Wildman–Crippen LogP) is -1.21. The Balaban J connectivity index is 2.05. The van der Waals surface area contributed by atoms with Gasteiger partial charge in [-0.15, -0.1) is 0 Å². The van der Waals surface area contributed by atoms with Crippen molar-refractivity contribution in [3.8, 4) is 0 Å². The lowest BCUT2D eigenvalue weighted by Gasteiger charge is -2.42. The molecule has 3 N–H and O–H groups in total. The normalized spacial score (nSPS) is 36.3. The van der Waals surface area contributed by atoms with Gasteiger partial charge in [0.25, 0.3) is 0 Å². The van der Waals surface area contributed by atoms with Crippen LogP contribution < -0.4 is 10.6 Å². The van der Waals surface area contributed by atoms with Crippen LogP contribution in [-0.4, -0.2) is 37.9 Å². The van der Waals surface area contributed by atoms with Gasteiger partial charge in [0, 0.05) is 44.1 Å². The van der Waals surface area contributed by atoms with Gasteiger partial charge in [-0.2, -0.15) is 0 Å². The maximum absolute atomic E-state index is 9.00. The fourth-order valence-corrected chi connectivity index (χ4v) is 1.97. The lowest BCUT2D eigenvalue weighted by Crippen LogP contribution is -2.58. The van der Waals surface area contributed by atoms with Gasteiger partial charge >= 0.3 is 0 Å². The first-order valence-electron chi connectivity index (χ1n) is 3.90. The SMILES string of the molecule is OCC1CNCC12CNC2. The molecule has 2 rings (SSSR count). The summed E-state index contributed by atoms with van der Waals surface area (Å²) < 4.78 is 0. The Kier molecular flexibility index (Phi) is 1.44. The summed E-state index contributed by atoms with van der Waals surface area (Å²) in [4.78, 5) is 0. The third-order valence-corrected chi connectivity index (χ3v) is 2.91. The Morgan fingerprint density at radius 1 is 1.30 bits per heavy atom. The molecule has 1 unspecified atom stereocenters. The van der Waals surface area contributed by atoms with Crippen LogP contribution in [0, 0.1) is 11.3 Å². The molecule has 2 saturated heterocycles. The molecule has 2 heterocycles. The zero-order valence-corrected chi connectivity index (χ0v) is 6.06. The standard InChI is InChI=1S/C7H14N2O/c10-2-6-1-8-3-7(6)4-9-5-7/h6,8-10H,1-5H2. The van der Waals surface area contributed by atoms with Crippen molar-refractivity contribution in [1.82, 2.24) is 10.6 Å². The number of hydrogen-bond acceptors (Lipinski definition) is 3. The highest BCUT2D eigenvalue weighted by molar-refractivity contribution is 5.03. The molecule has 3 nitrogen and oxygen atoms in total. The highest BCUT2D eigenvalue weighted by atomic mass is 16.3. The summed E-state index contributed by atoms with van der Waals surface area (Å²) in [7, 11) is 0. The first kappa shape index (κ1) is 6.58. The van der Waals surface area contributed by atoms with Crippen molar-refractivity contribution < 1.29 is 5.11 Å². The predicted molar refractivity (Wildman–Crippen MR) is 38.7 cm³/mol. The molecule has 0 aromatic carbocycles. The van der Waals surface area contributed by atoms with Crippen LogP contribution >= 0.6 is 0 Å².